The van der Waals surface area contributed by atoms with E-state index in [2.05, 4.69) is 10.1 Å². The van der Waals surface area contributed by atoms with Crippen molar-refractivity contribution >= 4 is 23.3 Å². The highest BCUT2D eigenvalue weighted by atomic mass is 35.5. The van der Waals surface area contributed by atoms with Crippen LogP contribution < -0.4 is 5.32 Å². The summed E-state index contributed by atoms with van der Waals surface area (Å²) in [5.74, 6) is -0.337. The molecule has 0 aliphatic rings. The number of halogens is 1. The van der Waals surface area contributed by atoms with E-state index in [1.54, 1.807) is 18.2 Å². The summed E-state index contributed by atoms with van der Waals surface area (Å²) in [6.45, 7) is 0.377. The Labute approximate surface area is 114 Å². The van der Waals surface area contributed by atoms with Gasteiger partial charge in [0, 0.05) is 17.8 Å². The third kappa shape index (κ3) is 3.00. The van der Waals surface area contributed by atoms with Gasteiger partial charge in [0.15, 0.2) is 0 Å². The number of rotatable bonds is 4. The molecule has 19 heavy (non-hydrogen) atoms. The van der Waals surface area contributed by atoms with Gasteiger partial charge >= 0.3 is 5.97 Å². The molecule has 2 N–H and O–H groups in total. The first-order valence-electron chi connectivity index (χ1n) is 5.49. The van der Waals surface area contributed by atoms with E-state index < -0.39 is 5.97 Å². The summed E-state index contributed by atoms with van der Waals surface area (Å²) in [7, 11) is 1.29. The third-order valence-electron chi connectivity index (χ3n) is 2.55. The summed E-state index contributed by atoms with van der Waals surface area (Å²) >= 11 is 5.80. The number of esters is 1. The van der Waals surface area contributed by atoms with E-state index in [4.69, 9.17) is 16.0 Å². The van der Waals surface area contributed by atoms with E-state index in [1.807, 2.05) is 0 Å². The molecule has 0 radical (unpaired) electrons. The molecule has 0 aliphatic carbocycles. The fraction of sp³-hybridized carbons (Fsp3) is 0.154. The number of hydrogen-bond acceptors (Lipinski definition) is 5. The van der Waals surface area contributed by atoms with Gasteiger partial charge in [0.25, 0.3) is 0 Å². The van der Waals surface area contributed by atoms with E-state index in [0.29, 0.717) is 12.1 Å². The molecule has 0 atom stereocenters. The lowest BCUT2D eigenvalue weighted by molar-refractivity contribution is 0.0563. The monoisotopic (exact) mass is 281 g/mol. The minimum Gasteiger partial charge on any atom is -0.506 e. The number of furan rings is 1. The number of phenols is 1. The first-order valence-corrected chi connectivity index (χ1v) is 5.86. The van der Waals surface area contributed by atoms with Crippen molar-refractivity contribution in [3.05, 3.63) is 46.9 Å². The summed E-state index contributed by atoms with van der Waals surface area (Å²) in [6.07, 6.45) is 1.42. The summed E-state index contributed by atoms with van der Waals surface area (Å²) in [4.78, 5) is 11.4. The molecule has 0 spiro atoms. The second-order valence-corrected chi connectivity index (χ2v) is 4.19. The van der Waals surface area contributed by atoms with Gasteiger partial charge in [-0.25, -0.2) is 4.79 Å². The van der Waals surface area contributed by atoms with Crippen LogP contribution in [0, 0.1) is 0 Å². The molecule has 0 unspecified atom stereocenters. The number of nitrogens with one attached hydrogen (secondary N) is 1. The van der Waals surface area contributed by atoms with Gasteiger partial charge in [0.05, 0.1) is 18.4 Å². The van der Waals surface area contributed by atoms with Crippen LogP contribution in [0.25, 0.3) is 0 Å². The number of hydrogen-bond donors (Lipinski definition) is 2. The summed E-state index contributed by atoms with van der Waals surface area (Å²) in [5, 5.41) is 12.6. The largest absolute Gasteiger partial charge is 0.506 e. The fourth-order valence-corrected chi connectivity index (χ4v) is 1.74. The lowest BCUT2D eigenvalue weighted by Gasteiger charge is -2.07. The molecule has 1 aromatic heterocycles. The molecule has 0 saturated heterocycles. The number of aromatic hydroxyl groups is 1. The molecular formula is C13H12ClNO4. The maximum Gasteiger partial charge on any atom is 0.374 e. The lowest BCUT2D eigenvalue weighted by atomic mass is 10.2. The number of benzene rings is 1. The minimum absolute atomic E-state index is 0.0192. The van der Waals surface area contributed by atoms with E-state index in [0.717, 1.165) is 5.69 Å². The Morgan fingerprint density at radius 2 is 2.26 bits per heavy atom. The van der Waals surface area contributed by atoms with Crippen molar-refractivity contribution in [1.29, 1.82) is 0 Å². The van der Waals surface area contributed by atoms with Crippen molar-refractivity contribution in [3.63, 3.8) is 0 Å². The highest BCUT2D eigenvalue weighted by Gasteiger charge is 2.15. The SMILES string of the molecule is COC(=O)c1occc1CNc1ccc(O)c(Cl)c1. The van der Waals surface area contributed by atoms with Crippen molar-refractivity contribution in [2.24, 2.45) is 0 Å². The lowest BCUT2D eigenvalue weighted by Crippen LogP contribution is -2.06. The van der Waals surface area contributed by atoms with Gasteiger partial charge in [-0.3, -0.25) is 0 Å². The molecule has 2 rings (SSSR count). The highest BCUT2D eigenvalue weighted by Crippen LogP contribution is 2.26. The Bertz CT molecular complexity index is 594. The molecule has 0 saturated carbocycles. The van der Waals surface area contributed by atoms with Gasteiger partial charge in [0.1, 0.15) is 5.75 Å². The van der Waals surface area contributed by atoms with Gasteiger partial charge in [0.2, 0.25) is 5.76 Å². The van der Waals surface area contributed by atoms with Crippen molar-refractivity contribution in [2.75, 3.05) is 12.4 Å². The van der Waals surface area contributed by atoms with E-state index in [9.17, 15) is 9.90 Å². The number of carbonyl (C=O) groups is 1. The van der Waals surface area contributed by atoms with Gasteiger partial charge < -0.3 is 19.6 Å². The zero-order valence-electron chi connectivity index (χ0n) is 10.1. The maximum absolute atomic E-state index is 11.4. The molecule has 0 bridgehead atoms. The quantitative estimate of drug-likeness (QED) is 0.666. The van der Waals surface area contributed by atoms with Gasteiger partial charge in [-0.1, -0.05) is 11.6 Å². The smallest absolute Gasteiger partial charge is 0.374 e. The van der Waals surface area contributed by atoms with Crippen LogP contribution in [0.4, 0.5) is 5.69 Å². The van der Waals surface area contributed by atoms with Crippen LogP contribution in [0.1, 0.15) is 16.1 Å². The van der Waals surface area contributed by atoms with Crippen LogP contribution in [0.15, 0.2) is 34.9 Å². The first-order chi connectivity index (χ1) is 9.11. The molecule has 2 aromatic rings. The Morgan fingerprint density at radius 1 is 1.47 bits per heavy atom. The number of methoxy groups -OCH3 is 1. The van der Waals surface area contributed by atoms with E-state index >= 15 is 0 Å². The number of carbonyl (C=O) groups excluding carboxylic acids is 1. The molecule has 6 heteroatoms. The predicted molar refractivity (Wildman–Crippen MR) is 70.5 cm³/mol. The number of ether oxygens (including phenoxy) is 1. The number of phenolic OH excluding ortho intramolecular Hbond substituents is 1. The molecule has 100 valence electrons. The van der Waals surface area contributed by atoms with Crippen LogP contribution in [0.2, 0.25) is 5.02 Å². The van der Waals surface area contributed by atoms with E-state index in [-0.39, 0.29) is 16.5 Å². The standard InChI is InChI=1S/C13H12ClNO4/c1-18-13(17)12-8(4-5-19-12)7-15-9-2-3-11(16)10(14)6-9/h2-6,15-16H,7H2,1H3. The molecule has 0 aliphatic heterocycles. The Kier molecular flexibility index (Phi) is 3.97. The average molecular weight is 282 g/mol. The maximum atomic E-state index is 11.4. The molecule has 0 amide bonds. The molecule has 5 nitrogen and oxygen atoms in total. The van der Waals surface area contributed by atoms with Crippen LogP contribution in [-0.2, 0) is 11.3 Å². The Balaban J connectivity index is 2.08. The fourth-order valence-electron chi connectivity index (χ4n) is 1.56. The highest BCUT2D eigenvalue weighted by molar-refractivity contribution is 6.32. The van der Waals surface area contributed by atoms with Crippen LogP contribution in [0.5, 0.6) is 5.75 Å². The van der Waals surface area contributed by atoms with Crippen LogP contribution >= 0.6 is 11.6 Å². The second kappa shape index (κ2) is 5.67. The minimum atomic E-state index is -0.523. The van der Waals surface area contributed by atoms with Crippen LogP contribution in [0.3, 0.4) is 0 Å². The molecule has 1 aromatic carbocycles. The molecule has 1 heterocycles. The van der Waals surface area contributed by atoms with E-state index in [1.165, 1.54) is 19.4 Å². The molecule has 0 fully saturated rings. The predicted octanol–water partition coefficient (Wildman–Crippen LogP) is 3.04. The normalized spacial score (nSPS) is 10.2. The average Bonchev–Trinajstić information content (AvgIpc) is 2.87. The van der Waals surface area contributed by atoms with Crippen molar-refractivity contribution in [3.8, 4) is 5.75 Å². The van der Waals surface area contributed by atoms with Crippen molar-refractivity contribution in [1.82, 2.24) is 0 Å². The zero-order valence-corrected chi connectivity index (χ0v) is 10.9. The van der Waals surface area contributed by atoms with Crippen molar-refractivity contribution < 1.29 is 19.1 Å². The topological polar surface area (TPSA) is 71.7 Å². The van der Waals surface area contributed by atoms with Gasteiger partial charge in [-0.05, 0) is 24.3 Å². The third-order valence-corrected chi connectivity index (χ3v) is 2.85. The molecular weight excluding hydrogens is 270 g/mol. The van der Waals surface area contributed by atoms with Crippen molar-refractivity contribution in [2.45, 2.75) is 6.54 Å². The summed E-state index contributed by atoms with van der Waals surface area (Å²) < 4.78 is 9.68. The Morgan fingerprint density at radius 3 is 2.95 bits per heavy atom. The summed E-state index contributed by atoms with van der Waals surface area (Å²) in [5.41, 5.74) is 1.40. The first kappa shape index (κ1) is 13.3. The van der Waals surface area contributed by atoms with Gasteiger partial charge in [-0.15, -0.1) is 0 Å². The Hall–Kier alpha value is -2.14. The number of anilines is 1. The second-order valence-electron chi connectivity index (χ2n) is 3.79. The van der Waals surface area contributed by atoms with Gasteiger partial charge in [-0.2, -0.15) is 0 Å². The zero-order chi connectivity index (χ0) is 13.8. The van der Waals surface area contributed by atoms with Crippen LogP contribution in [-0.4, -0.2) is 18.2 Å². The summed E-state index contributed by atoms with van der Waals surface area (Å²) in [6, 6.07) is 6.44.